The average molecular weight is 320 g/mol. The van der Waals surface area contributed by atoms with E-state index in [1.165, 1.54) is 12.2 Å². The molecule has 3 atom stereocenters. The molecule has 2 heterocycles. The van der Waals surface area contributed by atoms with Gasteiger partial charge >= 0.3 is 5.97 Å². The Labute approximate surface area is 115 Å². The first-order chi connectivity index (χ1) is 8.67. The van der Waals surface area contributed by atoms with Crippen molar-refractivity contribution in [3.05, 3.63) is 0 Å². The molecule has 1 amide bonds. The lowest BCUT2D eigenvalue weighted by molar-refractivity contribution is -0.183. The van der Waals surface area contributed by atoms with E-state index in [0.717, 1.165) is 24.6 Å². The van der Waals surface area contributed by atoms with Gasteiger partial charge in [0.2, 0.25) is 5.91 Å². The molecule has 0 aliphatic carbocycles. The van der Waals surface area contributed by atoms with Crippen molar-refractivity contribution in [3.63, 3.8) is 0 Å². The number of rotatable bonds is 5. The van der Waals surface area contributed by atoms with Gasteiger partial charge in [-0.2, -0.15) is 0 Å². The second-order valence-electron chi connectivity index (χ2n) is 4.74. The van der Waals surface area contributed by atoms with Crippen molar-refractivity contribution in [3.8, 4) is 0 Å². The van der Waals surface area contributed by atoms with E-state index < -0.39 is 0 Å². The van der Waals surface area contributed by atoms with Gasteiger partial charge in [0.25, 0.3) is 0 Å². The highest BCUT2D eigenvalue weighted by Gasteiger charge is 2.46. The first-order valence-electron chi connectivity index (χ1n) is 6.29. The first-order valence-corrected chi connectivity index (χ1v) is 7.41. The van der Waals surface area contributed by atoms with Crippen LogP contribution in [0.3, 0.4) is 0 Å². The number of carbonyl (C=O) groups excluding carboxylic acids is 2. The molecule has 18 heavy (non-hydrogen) atoms. The molecule has 102 valence electrons. The van der Waals surface area contributed by atoms with Gasteiger partial charge in [-0.25, -0.2) is 5.06 Å². The third kappa shape index (κ3) is 2.69. The number of amides is 1. The van der Waals surface area contributed by atoms with Crippen LogP contribution < -0.4 is 0 Å². The predicted octanol–water partition coefficient (Wildman–Crippen LogP) is 1.65. The van der Waals surface area contributed by atoms with E-state index in [4.69, 9.17) is 9.57 Å². The van der Waals surface area contributed by atoms with Gasteiger partial charge < -0.3 is 4.74 Å². The summed E-state index contributed by atoms with van der Waals surface area (Å²) in [4.78, 5) is 28.3. The van der Waals surface area contributed by atoms with E-state index in [1.807, 2.05) is 0 Å². The number of hydroxylamine groups is 2. The zero-order valence-corrected chi connectivity index (χ0v) is 12.0. The second kappa shape index (κ2) is 6.02. The van der Waals surface area contributed by atoms with E-state index in [9.17, 15) is 9.59 Å². The number of ether oxygens (including phenoxy) is 1. The number of halogens is 1. The fraction of sp³-hybridized carbons (Fsp3) is 0.833. The Morgan fingerprint density at radius 3 is 2.94 bits per heavy atom. The standard InChI is InChI=1S/C12H18BrNO4/c1-17-14-9(4-5-11(14)15)8-7-12(16)18-10(8)3-2-6-13/h8-10H,2-7H2,1H3/t8-,9-,10-/m1/s1. The summed E-state index contributed by atoms with van der Waals surface area (Å²) in [5.74, 6) is -0.0842. The summed E-state index contributed by atoms with van der Waals surface area (Å²) in [6.07, 6.45) is 3.35. The van der Waals surface area contributed by atoms with Gasteiger partial charge in [-0.3, -0.25) is 14.4 Å². The summed E-state index contributed by atoms with van der Waals surface area (Å²) in [5, 5.41) is 2.32. The van der Waals surface area contributed by atoms with Crippen molar-refractivity contribution in [1.29, 1.82) is 0 Å². The van der Waals surface area contributed by atoms with Gasteiger partial charge in [0.05, 0.1) is 19.6 Å². The molecule has 2 rings (SSSR count). The molecule has 2 aliphatic heterocycles. The van der Waals surface area contributed by atoms with Gasteiger partial charge in [-0.1, -0.05) is 15.9 Å². The van der Waals surface area contributed by atoms with Crippen LogP contribution in [-0.4, -0.2) is 41.5 Å². The molecule has 6 heteroatoms. The summed E-state index contributed by atoms with van der Waals surface area (Å²) < 4.78 is 5.36. The van der Waals surface area contributed by atoms with Crippen molar-refractivity contribution in [2.45, 2.75) is 44.2 Å². The minimum absolute atomic E-state index is 0.00101. The highest BCUT2D eigenvalue weighted by molar-refractivity contribution is 9.09. The smallest absolute Gasteiger partial charge is 0.306 e. The van der Waals surface area contributed by atoms with E-state index in [1.54, 1.807) is 0 Å². The largest absolute Gasteiger partial charge is 0.462 e. The van der Waals surface area contributed by atoms with Gasteiger partial charge in [0.1, 0.15) is 6.10 Å². The van der Waals surface area contributed by atoms with Gasteiger partial charge in [0.15, 0.2) is 0 Å². The summed E-state index contributed by atoms with van der Waals surface area (Å²) in [6.45, 7) is 0. The van der Waals surface area contributed by atoms with Crippen LogP contribution in [0, 0.1) is 5.92 Å². The Bertz CT molecular complexity index is 336. The minimum atomic E-state index is -0.157. The molecule has 0 spiro atoms. The molecule has 0 saturated carbocycles. The molecular formula is C12H18BrNO4. The normalized spacial score (nSPS) is 32.1. The Hall–Kier alpha value is -0.620. The molecule has 0 bridgehead atoms. The maximum atomic E-state index is 11.6. The fourth-order valence-electron chi connectivity index (χ4n) is 2.87. The fourth-order valence-corrected chi connectivity index (χ4v) is 3.20. The van der Waals surface area contributed by atoms with Crippen molar-refractivity contribution >= 4 is 27.8 Å². The highest BCUT2D eigenvalue weighted by atomic mass is 79.9. The van der Waals surface area contributed by atoms with E-state index in [-0.39, 0.29) is 29.9 Å². The molecule has 0 aromatic rings. The Morgan fingerprint density at radius 2 is 2.28 bits per heavy atom. The molecule has 0 N–H and O–H groups in total. The minimum Gasteiger partial charge on any atom is -0.462 e. The third-order valence-corrected chi connectivity index (χ3v) is 4.24. The van der Waals surface area contributed by atoms with Gasteiger partial charge in [-0.05, 0) is 19.3 Å². The van der Waals surface area contributed by atoms with Gasteiger partial charge in [0, 0.05) is 17.7 Å². The monoisotopic (exact) mass is 319 g/mol. The maximum Gasteiger partial charge on any atom is 0.306 e. The van der Waals surface area contributed by atoms with Crippen LogP contribution in [0.4, 0.5) is 0 Å². The number of alkyl halides is 1. The molecule has 0 aromatic carbocycles. The van der Waals surface area contributed by atoms with Crippen LogP contribution in [0.15, 0.2) is 0 Å². The van der Waals surface area contributed by atoms with E-state index >= 15 is 0 Å². The number of carbonyl (C=O) groups is 2. The topological polar surface area (TPSA) is 55.8 Å². The average Bonchev–Trinajstić information content (AvgIpc) is 2.89. The molecule has 0 unspecified atom stereocenters. The molecular weight excluding hydrogens is 302 g/mol. The summed E-state index contributed by atoms with van der Waals surface area (Å²) in [6, 6.07) is -0.0192. The molecule has 0 radical (unpaired) electrons. The predicted molar refractivity (Wildman–Crippen MR) is 67.9 cm³/mol. The zero-order chi connectivity index (χ0) is 13.1. The number of hydrogen-bond acceptors (Lipinski definition) is 4. The molecule has 2 fully saturated rings. The molecule has 2 aliphatic rings. The van der Waals surface area contributed by atoms with Crippen molar-refractivity contribution < 1.29 is 19.2 Å². The molecule has 5 nitrogen and oxygen atoms in total. The third-order valence-electron chi connectivity index (χ3n) is 3.68. The van der Waals surface area contributed by atoms with Crippen molar-refractivity contribution in [2.75, 3.05) is 12.4 Å². The highest BCUT2D eigenvalue weighted by Crippen LogP contribution is 2.36. The number of nitrogens with zero attached hydrogens (tertiary/aromatic N) is 1. The van der Waals surface area contributed by atoms with Crippen LogP contribution in [0.5, 0.6) is 0 Å². The van der Waals surface area contributed by atoms with Crippen LogP contribution >= 0.6 is 15.9 Å². The second-order valence-corrected chi connectivity index (χ2v) is 5.53. The Balaban J connectivity index is 2.05. The zero-order valence-electron chi connectivity index (χ0n) is 10.4. The summed E-state index contributed by atoms with van der Waals surface area (Å²) in [7, 11) is 1.50. The van der Waals surface area contributed by atoms with Crippen molar-refractivity contribution in [2.24, 2.45) is 5.92 Å². The lowest BCUT2D eigenvalue weighted by Gasteiger charge is -2.29. The maximum absolute atomic E-state index is 11.6. The Morgan fingerprint density at radius 1 is 1.50 bits per heavy atom. The first kappa shape index (κ1) is 13.8. The lowest BCUT2D eigenvalue weighted by atomic mass is 9.89. The van der Waals surface area contributed by atoms with E-state index in [0.29, 0.717) is 12.8 Å². The quantitative estimate of drug-likeness (QED) is 0.571. The summed E-state index contributed by atoms with van der Waals surface area (Å²) in [5.41, 5.74) is 0. The summed E-state index contributed by atoms with van der Waals surface area (Å²) >= 11 is 3.38. The van der Waals surface area contributed by atoms with Gasteiger partial charge in [-0.15, -0.1) is 0 Å². The van der Waals surface area contributed by atoms with Crippen LogP contribution in [0.2, 0.25) is 0 Å². The Kier molecular flexibility index (Phi) is 4.61. The lowest BCUT2D eigenvalue weighted by Crippen LogP contribution is -2.40. The number of esters is 1. The molecule has 0 aromatic heterocycles. The van der Waals surface area contributed by atoms with Crippen LogP contribution in [-0.2, 0) is 19.2 Å². The van der Waals surface area contributed by atoms with Crippen LogP contribution in [0.25, 0.3) is 0 Å². The molecule has 2 saturated heterocycles. The van der Waals surface area contributed by atoms with E-state index in [2.05, 4.69) is 15.9 Å². The van der Waals surface area contributed by atoms with Crippen molar-refractivity contribution in [1.82, 2.24) is 5.06 Å². The number of hydrogen-bond donors (Lipinski definition) is 0. The SMILES string of the molecule is CON1C(=O)CC[C@@H]1[C@H]1CC(=O)O[C@@H]1CCCBr. The van der Waals surface area contributed by atoms with Crippen LogP contribution in [0.1, 0.15) is 32.1 Å². The number of cyclic esters (lactones) is 1.